The molecule has 0 saturated carbocycles. The van der Waals surface area contributed by atoms with Crippen LogP contribution in [-0.2, 0) is 10.0 Å². The first-order valence-corrected chi connectivity index (χ1v) is 9.57. The Morgan fingerprint density at radius 1 is 1.29 bits per heavy atom. The smallest absolute Gasteiger partial charge is 0.246 e. The summed E-state index contributed by atoms with van der Waals surface area (Å²) in [5.41, 5.74) is 5.61. The molecule has 0 atom stereocenters. The molecule has 0 radical (unpaired) electrons. The molecule has 2 N–H and O–H groups in total. The molecule has 1 fully saturated rings. The summed E-state index contributed by atoms with van der Waals surface area (Å²) in [4.78, 5) is 0.384. The highest BCUT2D eigenvalue weighted by atomic mass is 79.9. The van der Waals surface area contributed by atoms with Crippen molar-refractivity contribution in [2.75, 3.05) is 13.1 Å². The maximum atomic E-state index is 12.7. The van der Waals surface area contributed by atoms with E-state index in [0.717, 1.165) is 0 Å². The Labute approximate surface area is 147 Å². The molecule has 1 aromatic carbocycles. The maximum Gasteiger partial charge on any atom is 0.246 e. The van der Waals surface area contributed by atoms with Crippen molar-refractivity contribution < 1.29 is 8.42 Å². The average molecular weight is 432 g/mol. The summed E-state index contributed by atoms with van der Waals surface area (Å²) < 4.78 is 27.4. The van der Waals surface area contributed by atoms with Gasteiger partial charge in [0.2, 0.25) is 10.0 Å². The van der Waals surface area contributed by atoms with Gasteiger partial charge in [0.1, 0.15) is 4.90 Å². The Kier molecular flexibility index (Phi) is 5.55. The van der Waals surface area contributed by atoms with Crippen molar-refractivity contribution in [1.29, 1.82) is 0 Å². The molecular weight excluding hydrogens is 419 g/mol. The van der Waals surface area contributed by atoms with E-state index in [2.05, 4.69) is 15.9 Å². The summed E-state index contributed by atoms with van der Waals surface area (Å²) in [5.74, 6) is 0.0855. The first-order valence-electron chi connectivity index (χ1n) is 6.17. The molecule has 21 heavy (non-hydrogen) atoms. The average Bonchev–Trinajstić information content (AvgIpc) is 2.37. The Bertz CT molecular complexity index is 651. The third-order valence-electron chi connectivity index (χ3n) is 3.42. The van der Waals surface area contributed by atoms with Crippen LogP contribution < -0.4 is 5.73 Å². The van der Waals surface area contributed by atoms with Gasteiger partial charge in [0.25, 0.3) is 0 Å². The summed E-state index contributed by atoms with van der Waals surface area (Å²) in [5, 5.41) is 0.205. The third kappa shape index (κ3) is 3.71. The number of piperidine rings is 1. The van der Waals surface area contributed by atoms with Crippen LogP contribution >= 0.6 is 51.3 Å². The molecule has 2 rings (SSSR count). The second kappa shape index (κ2) is 6.68. The molecule has 1 aliphatic rings. The lowest BCUT2D eigenvalue weighted by atomic mass is 9.98. The molecule has 1 aliphatic heterocycles. The Morgan fingerprint density at radius 2 is 1.76 bits per heavy atom. The van der Waals surface area contributed by atoms with E-state index in [9.17, 15) is 8.42 Å². The zero-order chi connectivity index (χ0) is 15.8. The topological polar surface area (TPSA) is 63.4 Å². The van der Waals surface area contributed by atoms with E-state index in [-0.39, 0.29) is 20.9 Å². The maximum absolute atomic E-state index is 12.7. The van der Waals surface area contributed by atoms with Crippen LogP contribution in [0, 0.1) is 5.92 Å². The number of halogens is 3. The second-order valence-electron chi connectivity index (χ2n) is 4.78. The van der Waals surface area contributed by atoms with E-state index < -0.39 is 10.0 Å². The summed E-state index contributed by atoms with van der Waals surface area (Å²) in [6, 6.07) is 3.03. The van der Waals surface area contributed by atoms with Crippen LogP contribution in [0.15, 0.2) is 21.5 Å². The van der Waals surface area contributed by atoms with Gasteiger partial charge in [0, 0.05) is 23.5 Å². The monoisotopic (exact) mass is 430 g/mol. The molecule has 0 aromatic heterocycles. The zero-order valence-corrected chi connectivity index (χ0v) is 15.6. The van der Waals surface area contributed by atoms with Crippen molar-refractivity contribution in [3.05, 3.63) is 26.7 Å². The van der Waals surface area contributed by atoms with Crippen molar-refractivity contribution in [3.8, 4) is 0 Å². The van der Waals surface area contributed by atoms with Crippen LogP contribution in [0.5, 0.6) is 0 Å². The van der Waals surface area contributed by atoms with E-state index in [1.165, 1.54) is 16.4 Å². The Balaban J connectivity index is 2.30. The highest BCUT2D eigenvalue weighted by molar-refractivity contribution is 9.10. The molecule has 1 saturated heterocycles. The van der Waals surface area contributed by atoms with Crippen LogP contribution in [0.2, 0.25) is 10.0 Å². The normalized spacial score (nSPS) is 17.9. The van der Waals surface area contributed by atoms with Crippen molar-refractivity contribution in [3.63, 3.8) is 0 Å². The summed E-state index contributed by atoms with van der Waals surface area (Å²) in [7, 11) is -3.72. The molecule has 4 nitrogen and oxygen atoms in total. The molecule has 0 aliphatic carbocycles. The highest BCUT2D eigenvalue weighted by Crippen LogP contribution is 2.35. The van der Waals surface area contributed by atoms with E-state index in [4.69, 9.17) is 41.2 Å². The van der Waals surface area contributed by atoms with Crippen molar-refractivity contribution in [2.24, 2.45) is 11.7 Å². The summed E-state index contributed by atoms with van der Waals surface area (Å²) in [6.45, 7) is 0.708. The second-order valence-corrected chi connectivity index (χ2v) is 8.86. The van der Waals surface area contributed by atoms with Gasteiger partial charge in [-0.1, -0.05) is 51.3 Å². The molecular formula is C12H13BrCl2N2O2S2. The SMILES string of the molecule is NC(=S)C1CCN(S(=O)(=O)c2c(Cl)cc(Br)cc2Cl)CC1. The van der Waals surface area contributed by atoms with E-state index >= 15 is 0 Å². The van der Waals surface area contributed by atoms with Crippen molar-refractivity contribution in [1.82, 2.24) is 4.31 Å². The van der Waals surface area contributed by atoms with Crippen molar-refractivity contribution >= 4 is 66.4 Å². The minimum atomic E-state index is -3.72. The van der Waals surface area contributed by atoms with Gasteiger partial charge in [-0.05, 0) is 25.0 Å². The minimum absolute atomic E-state index is 0.0530. The van der Waals surface area contributed by atoms with E-state index in [1.54, 1.807) is 0 Å². The lowest BCUT2D eigenvalue weighted by Crippen LogP contribution is -2.41. The predicted molar refractivity (Wildman–Crippen MR) is 92.4 cm³/mol. The first kappa shape index (κ1) is 17.4. The number of nitrogens with zero attached hydrogens (tertiary/aromatic N) is 1. The van der Waals surface area contributed by atoms with Gasteiger partial charge in [-0.2, -0.15) is 4.31 Å². The quantitative estimate of drug-likeness (QED) is 0.744. The molecule has 0 bridgehead atoms. The van der Waals surface area contributed by atoms with Gasteiger partial charge in [-0.25, -0.2) is 8.42 Å². The van der Waals surface area contributed by atoms with E-state index in [1.807, 2.05) is 0 Å². The van der Waals surface area contributed by atoms with Gasteiger partial charge in [-0.15, -0.1) is 0 Å². The number of rotatable bonds is 3. The largest absolute Gasteiger partial charge is 0.393 e. The van der Waals surface area contributed by atoms with Crippen molar-refractivity contribution in [2.45, 2.75) is 17.7 Å². The van der Waals surface area contributed by atoms with Crippen LogP contribution in [0.4, 0.5) is 0 Å². The molecule has 9 heteroatoms. The number of sulfonamides is 1. The van der Waals surface area contributed by atoms with Crippen LogP contribution in [0.3, 0.4) is 0 Å². The summed E-state index contributed by atoms with van der Waals surface area (Å²) >= 11 is 20.3. The lowest BCUT2D eigenvalue weighted by molar-refractivity contribution is 0.317. The zero-order valence-electron chi connectivity index (χ0n) is 10.9. The van der Waals surface area contributed by atoms with Gasteiger partial charge in [0.15, 0.2) is 0 Å². The molecule has 0 unspecified atom stereocenters. The van der Waals surface area contributed by atoms with Gasteiger partial charge < -0.3 is 5.73 Å². The number of hydrogen-bond acceptors (Lipinski definition) is 3. The van der Waals surface area contributed by atoms with E-state index in [0.29, 0.717) is 35.4 Å². The predicted octanol–water partition coefficient (Wildman–Crippen LogP) is 3.44. The molecule has 0 spiro atoms. The number of hydrogen-bond donors (Lipinski definition) is 1. The fourth-order valence-corrected chi connectivity index (χ4v) is 5.87. The van der Waals surface area contributed by atoms with Gasteiger partial charge >= 0.3 is 0 Å². The molecule has 1 aromatic rings. The Morgan fingerprint density at radius 3 is 2.19 bits per heavy atom. The number of thiocarbonyl (C=S) groups is 1. The van der Waals surface area contributed by atoms with Crippen LogP contribution in [0.25, 0.3) is 0 Å². The highest BCUT2D eigenvalue weighted by Gasteiger charge is 2.33. The van der Waals surface area contributed by atoms with Gasteiger partial charge in [0.05, 0.1) is 15.0 Å². The van der Waals surface area contributed by atoms with Gasteiger partial charge in [-0.3, -0.25) is 0 Å². The Hall–Kier alpha value is 0.0800. The molecule has 116 valence electrons. The standard InChI is InChI=1S/C12H13BrCl2N2O2S2/c13-8-5-9(14)11(10(15)6-8)21(18,19)17-3-1-7(2-4-17)12(16)20/h5-7H,1-4H2,(H2,16,20). The van der Waals surface area contributed by atoms with Crippen LogP contribution in [0.1, 0.15) is 12.8 Å². The fourth-order valence-electron chi connectivity index (χ4n) is 2.29. The lowest BCUT2D eigenvalue weighted by Gasteiger charge is -2.31. The minimum Gasteiger partial charge on any atom is -0.393 e. The molecule has 1 heterocycles. The third-order valence-corrected chi connectivity index (χ3v) is 7.03. The number of benzene rings is 1. The summed E-state index contributed by atoms with van der Waals surface area (Å²) in [6.07, 6.45) is 1.22. The molecule has 0 amide bonds. The number of nitrogens with two attached hydrogens (primary N) is 1. The van der Waals surface area contributed by atoms with Crippen LogP contribution in [-0.4, -0.2) is 30.8 Å². The fraction of sp³-hybridized carbons (Fsp3) is 0.417. The first-order chi connectivity index (χ1) is 9.73.